The van der Waals surface area contributed by atoms with Crippen LogP contribution in [0.25, 0.3) is 0 Å². The van der Waals surface area contributed by atoms with Gasteiger partial charge in [0, 0.05) is 12.6 Å². The third-order valence-corrected chi connectivity index (χ3v) is 4.30. The van der Waals surface area contributed by atoms with Gasteiger partial charge < -0.3 is 14.4 Å². The minimum absolute atomic E-state index is 0.487. The lowest BCUT2D eigenvalue weighted by Crippen LogP contribution is -2.41. The number of pyridine rings is 1. The molecule has 0 aliphatic heterocycles. The summed E-state index contributed by atoms with van der Waals surface area (Å²) < 4.78 is 10.7. The Balaban J connectivity index is 2.30. The molecule has 0 bridgehead atoms. The maximum absolute atomic E-state index is 11.8. The zero-order chi connectivity index (χ0) is 18.4. The van der Waals surface area contributed by atoms with Gasteiger partial charge in [-0.1, -0.05) is 18.2 Å². The first-order valence-corrected chi connectivity index (χ1v) is 8.38. The number of hydrogen-bond donors (Lipinski definition) is 0. The van der Waals surface area contributed by atoms with E-state index in [0.717, 1.165) is 29.0 Å². The summed E-state index contributed by atoms with van der Waals surface area (Å²) in [7, 11) is 1.63. The molecule has 0 N–H and O–H groups in total. The van der Waals surface area contributed by atoms with E-state index < -0.39 is 5.54 Å². The molecule has 0 spiro atoms. The van der Waals surface area contributed by atoms with E-state index in [2.05, 4.69) is 4.98 Å². The first-order chi connectivity index (χ1) is 11.9. The van der Waals surface area contributed by atoms with Gasteiger partial charge in [-0.3, -0.25) is 4.79 Å². The van der Waals surface area contributed by atoms with Gasteiger partial charge in [0.05, 0.1) is 24.9 Å². The number of benzene rings is 1. The molecule has 0 saturated heterocycles. The van der Waals surface area contributed by atoms with Gasteiger partial charge in [-0.15, -0.1) is 0 Å². The Bertz CT molecular complexity index is 711. The Hall–Kier alpha value is -2.56. The van der Waals surface area contributed by atoms with Crippen LogP contribution in [0, 0.1) is 6.92 Å². The fraction of sp³-hybridized carbons (Fsp3) is 0.400. The molecule has 25 heavy (non-hydrogen) atoms. The molecule has 0 aliphatic carbocycles. The number of methoxy groups -OCH3 is 1. The summed E-state index contributed by atoms with van der Waals surface area (Å²) in [5, 5.41) is 0. The van der Waals surface area contributed by atoms with Crippen LogP contribution in [-0.2, 0) is 16.9 Å². The molecule has 0 radical (unpaired) electrons. The summed E-state index contributed by atoms with van der Waals surface area (Å²) >= 11 is 0. The van der Waals surface area contributed by atoms with Crippen LogP contribution < -0.4 is 9.47 Å². The minimum Gasteiger partial charge on any atom is -0.497 e. The fourth-order valence-electron chi connectivity index (χ4n) is 2.79. The summed E-state index contributed by atoms with van der Waals surface area (Å²) in [4.78, 5) is 18.2. The zero-order valence-corrected chi connectivity index (χ0v) is 15.6. The molecule has 1 aromatic carbocycles. The van der Waals surface area contributed by atoms with Crippen molar-refractivity contribution in [2.24, 2.45) is 0 Å². The topological polar surface area (TPSA) is 51.7 Å². The third kappa shape index (κ3) is 4.29. The van der Waals surface area contributed by atoms with Gasteiger partial charge in [0.25, 0.3) is 0 Å². The van der Waals surface area contributed by atoms with Gasteiger partial charge in [-0.25, -0.2) is 4.98 Å². The Morgan fingerprint density at radius 3 is 2.40 bits per heavy atom. The van der Waals surface area contributed by atoms with Crippen molar-refractivity contribution in [3.05, 3.63) is 53.2 Å². The van der Waals surface area contributed by atoms with E-state index >= 15 is 0 Å². The van der Waals surface area contributed by atoms with Crippen molar-refractivity contribution in [1.29, 1.82) is 0 Å². The number of nitrogens with zero attached hydrogens (tertiary/aromatic N) is 2. The Morgan fingerprint density at radius 1 is 1.16 bits per heavy atom. The second kappa shape index (κ2) is 8.01. The average Bonchev–Trinajstić information content (AvgIpc) is 2.61. The summed E-state index contributed by atoms with van der Waals surface area (Å²) in [6.45, 7) is 8.95. The second-order valence-electron chi connectivity index (χ2n) is 6.39. The van der Waals surface area contributed by atoms with Crippen molar-refractivity contribution in [1.82, 2.24) is 9.88 Å². The molecule has 0 aliphatic rings. The first-order valence-electron chi connectivity index (χ1n) is 8.38. The van der Waals surface area contributed by atoms with Gasteiger partial charge in [-0.05, 0) is 51.0 Å². The Labute approximate surface area is 149 Å². The normalized spacial score (nSPS) is 11.1. The lowest BCUT2D eigenvalue weighted by molar-refractivity contribution is -0.124. The molecule has 134 valence electrons. The SMILES string of the molecule is CCOc1ccc(C)c(C(C)(C)N(C=O)Cc2ccc(OC)cc2)n1. The van der Waals surface area contributed by atoms with Crippen molar-refractivity contribution >= 4 is 6.41 Å². The standard InChI is InChI=1S/C20H26N2O3/c1-6-25-18-12-7-15(2)19(21-18)20(3,4)22(14-23)13-16-8-10-17(24-5)11-9-16/h7-12,14H,6,13H2,1-5H3. The minimum atomic E-state index is -0.571. The molecule has 5 heteroatoms. The fourth-order valence-corrected chi connectivity index (χ4v) is 2.79. The number of aromatic nitrogens is 1. The maximum Gasteiger partial charge on any atom is 0.213 e. The van der Waals surface area contributed by atoms with Crippen molar-refractivity contribution in [2.45, 2.75) is 39.8 Å². The Morgan fingerprint density at radius 2 is 1.84 bits per heavy atom. The summed E-state index contributed by atoms with van der Waals surface area (Å²) in [5.41, 5.74) is 2.31. The number of hydrogen-bond acceptors (Lipinski definition) is 4. The molecule has 5 nitrogen and oxygen atoms in total. The second-order valence-corrected chi connectivity index (χ2v) is 6.39. The van der Waals surface area contributed by atoms with Crippen molar-refractivity contribution in [3.8, 4) is 11.6 Å². The first kappa shape index (κ1) is 18.8. The average molecular weight is 342 g/mol. The zero-order valence-electron chi connectivity index (χ0n) is 15.6. The molecular weight excluding hydrogens is 316 g/mol. The summed E-state index contributed by atoms with van der Waals surface area (Å²) in [5.74, 6) is 1.37. The van der Waals surface area contributed by atoms with Crippen LogP contribution in [0.5, 0.6) is 11.6 Å². The number of carbonyl (C=O) groups is 1. The van der Waals surface area contributed by atoms with Gasteiger partial charge >= 0.3 is 0 Å². The maximum atomic E-state index is 11.8. The number of aryl methyl sites for hydroxylation is 1. The van der Waals surface area contributed by atoms with E-state index in [1.54, 1.807) is 12.0 Å². The highest BCUT2D eigenvalue weighted by Gasteiger charge is 2.31. The molecule has 1 heterocycles. The molecule has 1 aromatic heterocycles. The van der Waals surface area contributed by atoms with Crippen LogP contribution in [-0.4, -0.2) is 30.0 Å². The van der Waals surface area contributed by atoms with E-state index in [-0.39, 0.29) is 0 Å². The predicted octanol–water partition coefficient (Wildman–Crippen LogP) is 3.69. The van der Waals surface area contributed by atoms with Gasteiger partial charge in [0.2, 0.25) is 12.3 Å². The van der Waals surface area contributed by atoms with Crippen LogP contribution >= 0.6 is 0 Å². The van der Waals surface area contributed by atoms with Crippen LogP contribution in [0.4, 0.5) is 0 Å². The molecule has 0 unspecified atom stereocenters. The van der Waals surface area contributed by atoms with Crippen LogP contribution in [0.1, 0.15) is 37.6 Å². The highest BCUT2D eigenvalue weighted by Crippen LogP contribution is 2.31. The summed E-state index contributed by atoms with van der Waals surface area (Å²) in [6.07, 6.45) is 0.874. The van der Waals surface area contributed by atoms with E-state index in [1.165, 1.54) is 0 Å². The van der Waals surface area contributed by atoms with Crippen LogP contribution in [0.2, 0.25) is 0 Å². The smallest absolute Gasteiger partial charge is 0.213 e. The predicted molar refractivity (Wildman–Crippen MR) is 97.8 cm³/mol. The number of carbonyl (C=O) groups excluding carboxylic acids is 1. The van der Waals surface area contributed by atoms with E-state index in [4.69, 9.17) is 9.47 Å². The molecule has 0 fully saturated rings. The lowest BCUT2D eigenvalue weighted by Gasteiger charge is -2.36. The van der Waals surface area contributed by atoms with Gasteiger partial charge in [-0.2, -0.15) is 0 Å². The van der Waals surface area contributed by atoms with Crippen molar-refractivity contribution in [2.75, 3.05) is 13.7 Å². The largest absolute Gasteiger partial charge is 0.497 e. The molecule has 1 amide bonds. The van der Waals surface area contributed by atoms with E-state index in [1.807, 2.05) is 64.1 Å². The Kier molecular flexibility index (Phi) is 6.02. The van der Waals surface area contributed by atoms with Gasteiger partial charge in [0.1, 0.15) is 5.75 Å². The van der Waals surface area contributed by atoms with Crippen LogP contribution in [0.15, 0.2) is 36.4 Å². The number of amides is 1. The number of rotatable bonds is 8. The van der Waals surface area contributed by atoms with Crippen LogP contribution in [0.3, 0.4) is 0 Å². The van der Waals surface area contributed by atoms with Crippen molar-refractivity contribution in [3.63, 3.8) is 0 Å². The third-order valence-electron chi connectivity index (χ3n) is 4.30. The quantitative estimate of drug-likeness (QED) is 0.687. The monoisotopic (exact) mass is 342 g/mol. The molecule has 0 atom stereocenters. The van der Waals surface area contributed by atoms with Gasteiger partial charge in [0.15, 0.2) is 0 Å². The molecule has 2 rings (SSSR count). The highest BCUT2D eigenvalue weighted by molar-refractivity contribution is 5.51. The molecular formula is C20H26N2O3. The highest BCUT2D eigenvalue weighted by atomic mass is 16.5. The molecule has 2 aromatic rings. The lowest BCUT2D eigenvalue weighted by atomic mass is 9.93. The molecule has 0 saturated carbocycles. The van der Waals surface area contributed by atoms with E-state index in [0.29, 0.717) is 19.0 Å². The number of ether oxygens (including phenoxy) is 2. The summed E-state index contributed by atoms with van der Waals surface area (Å²) in [6, 6.07) is 11.5. The van der Waals surface area contributed by atoms with Crippen molar-refractivity contribution < 1.29 is 14.3 Å². The van der Waals surface area contributed by atoms with E-state index in [9.17, 15) is 4.79 Å².